The van der Waals surface area contributed by atoms with Crippen molar-refractivity contribution in [2.24, 2.45) is 0 Å². The molecule has 3 rings (SSSR count). The number of aryl methyl sites for hydroxylation is 2. The second-order valence-corrected chi connectivity index (χ2v) is 5.99. The third-order valence-electron chi connectivity index (χ3n) is 3.75. The summed E-state index contributed by atoms with van der Waals surface area (Å²) < 4.78 is 33.1. The normalized spacial score (nSPS) is 10.6. The first-order chi connectivity index (χ1) is 13.3. The SMILES string of the molecule is Cc1cc(C)n(-c2ccc(C(=O)OCC(=O)Nc3cc(F)ccc3F)cn2)n1. The van der Waals surface area contributed by atoms with E-state index in [1.165, 1.54) is 12.3 Å². The Hall–Kier alpha value is -3.62. The lowest BCUT2D eigenvalue weighted by molar-refractivity contribution is -0.119. The van der Waals surface area contributed by atoms with Crippen LogP contribution < -0.4 is 5.32 Å². The van der Waals surface area contributed by atoms with Crippen molar-refractivity contribution in [1.29, 1.82) is 0 Å². The third-order valence-corrected chi connectivity index (χ3v) is 3.75. The molecule has 0 saturated heterocycles. The Morgan fingerprint density at radius 2 is 1.93 bits per heavy atom. The summed E-state index contributed by atoms with van der Waals surface area (Å²) in [6, 6.07) is 7.62. The van der Waals surface area contributed by atoms with Crippen molar-refractivity contribution in [3.05, 3.63) is 71.2 Å². The van der Waals surface area contributed by atoms with Crippen LogP contribution in [0.1, 0.15) is 21.7 Å². The number of esters is 1. The fourth-order valence-corrected chi connectivity index (χ4v) is 2.49. The summed E-state index contributed by atoms with van der Waals surface area (Å²) in [4.78, 5) is 28.0. The Morgan fingerprint density at radius 3 is 2.57 bits per heavy atom. The van der Waals surface area contributed by atoms with Gasteiger partial charge in [-0.15, -0.1) is 0 Å². The van der Waals surface area contributed by atoms with Gasteiger partial charge in [-0.25, -0.2) is 23.2 Å². The van der Waals surface area contributed by atoms with E-state index in [9.17, 15) is 18.4 Å². The van der Waals surface area contributed by atoms with Gasteiger partial charge in [-0.3, -0.25) is 4.79 Å². The molecule has 0 aliphatic rings. The summed E-state index contributed by atoms with van der Waals surface area (Å²) in [5.41, 5.74) is 1.53. The predicted octanol–water partition coefficient (Wildman–Crippen LogP) is 2.96. The van der Waals surface area contributed by atoms with E-state index < -0.39 is 30.1 Å². The molecule has 144 valence electrons. The van der Waals surface area contributed by atoms with Gasteiger partial charge in [0.15, 0.2) is 12.4 Å². The van der Waals surface area contributed by atoms with Gasteiger partial charge in [0.1, 0.15) is 11.6 Å². The number of hydrogen-bond acceptors (Lipinski definition) is 5. The zero-order valence-electron chi connectivity index (χ0n) is 15.1. The number of halogens is 2. The molecule has 0 saturated carbocycles. The summed E-state index contributed by atoms with van der Waals surface area (Å²) in [5, 5.41) is 6.43. The van der Waals surface area contributed by atoms with E-state index in [4.69, 9.17) is 4.74 Å². The molecule has 9 heteroatoms. The molecule has 0 atom stereocenters. The van der Waals surface area contributed by atoms with Crippen LogP contribution in [-0.4, -0.2) is 33.2 Å². The Bertz CT molecular complexity index is 1030. The number of benzene rings is 1. The molecule has 0 bridgehead atoms. The van der Waals surface area contributed by atoms with Gasteiger partial charge in [0.25, 0.3) is 5.91 Å². The van der Waals surface area contributed by atoms with Crippen LogP contribution >= 0.6 is 0 Å². The van der Waals surface area contributed by atoms with Gasteiger partial charge in [-0.1, -0.05) is 0 Å². The Balaban J connectivity index is 1.59. The van der Waals surface area contributed by atoms with Gasteiger partial charge in [0.2, 0.25) is 0 Å². The van der Waals surface area contributed by atoms with Crippen LogP contribution in [-0.2, 0) is 9.53 Å². The molecule has 1 amide bonds. The number of aromatic nitrogens is 3. The number of carbonyl (C=O) groups excluding carboxylic acids is 2. The number of carbonyl (C=O) groups is 2. The highest BCUT2D eigenvalue weighted by Crippen LogP contribution is 2.15. The van der Waals surface area contributed by atoms with E-state index in [-0.39, 0.29) is 11.3 Å². The Morgan fingerprint density at radius 1 is 1.14 bits per heavy atom. The largest absolute Gasteiger partial charge is 0.452 e. The lowest BCUT2D eigenvalue weighted by atomic mass is 10.3. The van der Waals surface area contributed by atoms with E-state index in [1.807, 2.05) is 19.9 Å². The molecule has 3 aromatic rings. The molecule has 2 aromatic heterocycles. The van der Waals surface area contributed by atoms with Crippen molar-refractivity contribution in [3.63, 3.8) is 0 Å². The molecule has 28 heavy (non-hydrogen) atoms. The standard InChI is InChI=1S/C19H16F2N4O3/c1-11-7-12(2)25(24-11)17-6-3-13(9-22-17)19(27)28-10-18(26)23-16-8-14(20)4-5-15(16)21/h3-9H,10H2,1-2H3,(H,23,26). The van der Waals surface area contributed by atoms with E-state index in [0.29, 0.717) is 5.82 Å². The Labute approximate surface area is 159 Å². The molecule has 0 fully saturated rings. The van der Waals surface area contributed by atoms with Gasteiger partial charge in [0.05, 0.1) is 16.9 Å². The number of nitrogens with one attached hydrogen (secondary N) is 1. The number of amides is 1. The van der Waals surface area contributed by atoms with Crippen LogP contribution in [0.5, 0.6) is 0 Å². The van der Waals surface area contributed by atoms with Gasteiger partial charge >= 0.3 is 5.97 Å². The molecule has 0 radical (unpaired) electrons. The number of anilines is 1. The highest BCUT2D eigenvalue weighted by atomic mass is 19.1. The molecule has 0 aliphatic carbocycles. The van der Waals surface area contributed by atoms with Crippen molar-refractivity contribution >= 4 is 17.6 Å². The maximum absolute atomic E-state index is 13.5. The molecular formula is C19H16F2N4O3. The number of ether oxygens (including phenoxy) is 1. The average molecular weight is 386 g/mol. The van der Waals surface area contributed by atoms with Gasteiger partial charge < -0.3 is 10.1 Å². The second kappa shape index (κ2) is 7.95. The first kappa shape index (κ1) is 19.2. The highest BCUT2D eigenvalue weighted by molar-refractivity contribution is 5.95. The van der Waals surface area contributed by atoms with Gasteiger partial charge in [0, 0.05) is 18.0 Å². The summed E-state index contributed by atoms with van der Waals surface area (Å²) >= 11 is 0. The number of hydrogen-bond donors (Lipinski definition) is 1. The Kier molecular flexibility index (Phi) is 5.44. The molecule has 2 heterocycles. The van der Waals surface area contributed by atoms with Crippen molar-refractivity contribution < 1.29 is 23.1 Å². The minimum Gasteiger partial charge on any atom is -0.452 e. The zero-order valence-corrected chi connectivity index (χ0v) is 15.1. The summed E-state index contributed by atoms with van der Waals surface area (Å²) in [7, 11) is 0. The monoisotopic (exact) mass is 386 g/mol. The molecule has 1 aromatic carbocycles. The first-order valence-corrected chi connectivity index (χ1v) is 8.25. The van der Waals surface area contributed by atoms with Crippen molar-refractivity contribution in [3.8, 4) is 5.82 Å². The molecule has 0 unspecified atom stereocenters. The number of nitrogens with zero attached hydrogens (tertiary/aromatic N) is 3. The fourth-order valence-electron chi connectivity index (χ4n) is 2.49. The minimum atomic E-state index is -0.801. The zero-order chi connectivity index (χ0) is 20.3. The van der Waals surface area contributed by atoms with E-state index >= 15 is 0 Å². The molecule has 0 spiro atoms. The first-order valence-electron chi connectivity index (χ1n) is 8.25. The van der Waals surface area contributed by atoms with Crippen LogP contribution in [0.2, 0.25) is 0 Å². The summed E-state index contributed by atoms with van der Waals surface area (Å²) in [6.45, 7) is 3.08. The van der Waals surface area contributed by atoms with Crippen LogP contribution in [0.4, 0.5) is 14.5 Å². The smallest absolute Gasteiger partial charge is 0.340 e. The number of rotatable bonds is 5. The predicted molar refractivity (Wildman–Crippen MR) is 96.1 cm³/mol. The number of pyridine rings is 1. The lowest BCUT2D eigenvalue weighted by Crippen LogP contribution is -2.21. The molecular weight excluding hydrogens is 370 g/mol. The van der Waals surface area contributed by atoms with E-state index in [1.54, 1.807) is 10.7 Å². The summed E-state index contributed by atoms with van der Waals surface area (Å²) in [5.74, 6) is -2.55. The molecule has 1 N–H and O–H groups in total. The van der Waals surface area contributed by atoms with Gasteiger partial charge in [-0.05, 0) is 44.2 Å². The maximum Gasteiger partial charge on any atom is 0.340 e. The molecule has 0 aliphatic heterocycles. The van der Waals surface area contributed by atoms with Crippen molar-refractivity contribution in [2.75, 3.05) is 11.9 Å². The maximum atomic E-state index is 13.5. The molecule has 7 nitrogen and oxygen atoms in total. The van der Waals surface area contributed by atoms with Crippen LogP contribution in [0, 0.1) is 25.5 Å². The van der Waals surface area contributed by atoms with Crippen LogP contribution in [0.15, 0.2) is 42.6 Å². The van der Waals surface area contributed by atoms with Crippen LogP contribution in [0.3, 0.4) is 0 Å². The topological polar surface area (TPSA) is 86.1 Å². The fraction of sp³-hybridized carbons (Fsp3) is 0.158. The second-order valence-electron chi connectivity index (χ2n) is 5.99. The van der Waals surface area contributed by atoms with E-state index in [0.717, 1.165) is 29.6 Å². The average Bonchev–Trinajstić information content (AvgIpc) is 3.01. The van der Waals surface area contributed by atoms with E-state index in [2.05, 4.69) is 15.4 Å². The van der Waals surface area contributed by atoms with Crippen molar-refractivity contribution in [1.82, 2.24) is 14.8 Å². The van der Waals surface area contributed by atoms with Gasteiger partial charge in [-0.2, -0.15) is 5.10 Å². The minimum absolute atomic E-state index is 0.134. The lowest BCUT2D eigenvalue weighted by Gasteiger charge is -2.08. The highest BCUT2D eigenvalue weighted by Gasteiger charge is 2.14. The van der Waals surface area contributed by atoms with Crippen molar-refractivity contribution in [2.45, 2.75) is 13.8 Å². The quantitative estimate of drug-likeness (QED) is 0.682. The van der Waals surface area contributed by atoms with Crippen LogP contribution in [0.25, 0.3) is 5.82 Å². The third kappa shape index (κ3) is 4.37. The summed E-state index contributed by atoms with van der Waals surface area (Å²) in [6.07, 6.45) is 1.30.